The van der Waals surface area contributed by atoms with E-state index in [1.54, 1.807) is 0 Å². The van der Waals surface area contributed by atoms with E-state index in [1.807, 2.05) is 0 Å². The normalized spacial score (nSPS) is 22.3. The number of hydrogen-bond acceptors (Lipinski definition) is 1. The lowest BCUT2D eigenvalue weighted by Crippen LogP contribution is -2.20. The minimum Gasteiger partial charge on any atom is -0.348 e. The Bertz CT molecular complexity index is 1020. The standard InChI is InChI=1S/C26H25N/c1-18-11-13-19(14-12-18)27(2)20-15-16-25-23-9-4-3-7-21(23)22-8-5-6-10-24(22)26(25)17-20/h3-11,13,15-17,21,23H,12,14H2,1-2H3. The van der Waals surface area contributed by atoms with Gasteiger partial charge < -0.3 is 4.90 Å². The first-order valence-corrected chi connectivity index (χ1v) is 9.90. The second kappa shape index (κ2) is 6.42. The fourth-order valence-corrected chi connectivity index (χ4v) is 4.69. The molecule has 0 spiro atoms. The highest BCUT2D eigenvalue weighted by Crippen LogP contribution is 2.50. The van der Waals surface area contributed by atoms with Crippen molar-refractivity contribution in [3.63, 3.8) is 0 Å². The molecule has 3 aliphatic carbocycles. The molecule has 1 nitrogen and oxygen atoms in total. The maximum absolute atomic E-state index is 2.39. The predicted octanol–water partition coefficient (Wildman–Crippen LogP) is 6.72. The Morgan fingerprint density at radius 2 is 1.56 bits per heavy atom. The summed E-state index contributed by atoms with van der Waals surface area (Å²) in [6, 6.07) is 16.0. The molecule has 0 saturated heterocycles. The Kier molecular flexibility index (Phi) is 3.89. The molecule has 2 aromatic carbocycles. The molecule has 27 heavy (non-hydrogen) atoms. The number of benzene rings is 2. The predicted molar refractivity (Wildman–Crippen MR) is 115 cm³/mol. The number of rotatable bonds is 2. The largest absolute Gasteiger partial charge is 0.348 e. The molecule has 2 aromatic rings. The molecule has 0 radical (unpaired) electrons. The average Bonchev–Trinajstić information content (AvgIpc) is 2.73. The summed E-state index contributed by atoms with van der Waals surface area (Å²) < 4.78 is 0. The Labute approximate surface area is 162 Å². The van der Waals surface area contributed by atoms with Crippen LogP contribution in [0.5, 0.6) is 0 Å². The van der Waals surface area contributed by atoms with Crippen LogP contribution in [0.3, 0.4) is 0 Å². The molecule has 0 N–H and O–H groups in total. The highest BCUT2D eigenvalue weighted by molar-refractivity contribution is 5.80. The van der Waals surface area contributed by atoms with Crippen molar-refractivity contribution < 1.29 is 0 Å². The molecule has 0 bridgehead atoms. The molecule has 134 valence electrons. The van der Waals surface area contributed by atoms with E-state index in [4.69, 9.17) is 0 Å². The fourth-order valence-electron chi connectivity index (χ4n) is 4.69. The van der Waals surface area contributed by atoms with E-state index in [1.165, 1.54) is 39.2 Å². The summed E-state index contributed by atoms with van der Waals surface area (Å²) in [4.78, 5) is 2.36. The van der Waals surface area contributed by atoms with E-state index in [0.29, 0.717) is 11.8 Å². The van der Waals surface area contributed by atoms with Gasteiger partial charge in [0.1, 0.15) is 0 Å². The molecule has 1 heteroatoms. The molecule has 5 rings (SSSR count). The second-order valence-corrected chi connectivity index (χ2v) is 7.91. The Hall–Kier alpha value is -2.80. The smallest absolute Gasteiger partial charge is 0.0412 e. The fraction of sp³-hybridized carbons (Fsp3) is 0.231. The van der Waals surface area contributed by atoms with Crippen LogP contribution in [0, 0.1) is 0 Å². The molecule has 0 saturated carbocycles. The topological polar surface area (TPSA) is 3.24 Å². The maximum Gasteiger partial charge on any atom is 0.0412 e. The van der Waals surface area contributed by atoms with Gasteiger partial charge in [-0.25, -0.2) is 0 Å². The van der Waals surface area contributed by atoms with Crippen LogP contribution in [0.4, 0.5) is 5.69 Å². The second-order valence-electron chi connectivity index (χ2n) is 7.91. The van der Waals surface area contributed by atoms with Crippen LogP contribution in [-0.4, -0.2) is 7.05 Å². The lowest BCUT2D eigenvalue weighted by Gasteiger charge is -2.35. The van der Waals surface area contributed by atoms with E-state index < -0.39 is 0 Å². The van der Waals surface area contributed by atoms with Gasteiger partial charge in [-0.15, -0.1) is 0 Å². The number of anilines is 1. The quantitative estimate of drug-likeness (QED) is 0.580. The molecular formula is C26H25N. The summed E-state index contributed by atoms with van der Waals surface area (Å²) in [5.74, 6) is 0.898. The number of hydrogen-bond donors (Lipinski definition) is 0. The van der Waals surface area contributed by atoms with E-state index in [9.17, 15) is 0 Å². The van der Waals surface area contributed by atoms with Gasteiger partial charge in [0.2, 0.25) is 0 Å². The summed E-state index contributed by atoms with van der Waals surface area (Å²) >= 11 is 0. The van der Waals surface area contributed by atoms with Crippen LogP contribution in [0.15, 0.2) is 90.2 Å². The van der Waals surface area contributed by atoms with Crippen LogP contribution >= 0.6 is 0 Å². The van der Waals surface area contributed by atoms with E-state index in [-0.39, 0.29) is 0 Å². The third kappa shape index (κ3) is 2.70. The van der Waals surface area contributed by atoms with Crippen molar-refractivity contribution in [1.82, 2.24) is 0 Å². The minimum atomic E-state index is 0.443. The molecule has 0 fully saturated rings. The minimum absolute atomic E-state index is 0.443. The van der Waals surface area contributed by atoms with Gasteiger partial charge in [-0.2, -0.15) is 0 Å². The van der Waals surface area contributed by atoms with Gasteiger partial charge >= 0.3 is 0 Å². The van der Waals surface area contributed by atoms with Crippen LogP contribution < -0.4 is 4.90 Å². The van der Waals surface area contributed by atoms with Crippen LogP contribution in [0.1, 0.15) is 42.7 Å². The Balaban J connectivity index is 1.61. The first-order chi connectivity index (χ1) is 13.2. The first-order valence-electron chi connectivity index (χ1n) is 9.90. The van der Waals surface area contributed by atoms with Crippen molar-refractivity contribution in [1.29, 1.82) is 0 Å². The van der Waals surface area contributed by atoms with Crippen molar-refractivity contribution >= 4 is 5.69 Å². The molecule has 0 heterocycles. The maximum atomic E-state index is 2.39. The molecular weight excluding hydrogens is 326 g/mol. The van der Waals surface area contributed by atoms with Crippen molar-refractivity contribution in [2.24, 2.45) is 0 Å². The molecule has 0 aromatic heterocycles. The van der Waals surface area contributed by atoms with Gasteiger partial charge in [-0.3, -0.25) is 0 Å². The first kappa shape index (κ1) is 16.4. The third-order valence-corrected chi connectivity index (χ3v) is 6.29. The number of nitrogens with zero attached hydrogens (tertiary/aromatic N) is 1. The highest BCUT2D eigenvalue weighted by Gasteiger charge is 2.31. The summed E-state index contributed by atoms with van der Waals surface area (Å²) in [5, 5.41) is 0. The van der Waals surface area contributed by atoms with Gasteiger partial charge in [-0.05, 0) is 60.2 Å². The van der Waals surface area contributed by atoms with Gasteiger partial charge in [0.15, 0.2) is 0 Å². The third-order valence-electron chi connectivity index (χ3n) is 6.29. The summed E-state index contributed by atoms with van der Waals surface area (Å²) in [5.41, 5.74) is 9.81. The number of allylic oxidation sites excluding steroid dienone is 8. The van der Waals surface area contributed by atoms with Crippen molar-refractivity contribution in [2.75, 3.05) is 11.9 Å². The van der Waals surface area contributed by atoms with E-state index in [2.05, 4.69) is 97.8 Å². The number of fused-ring (bicyclic) bond motifs is 6. The molecule has 0 aliphatic heterocycles. The van der Waals surface area contributed by atoms with E-state index in [0.717, 1.165) is 12.8 Å². The molecule has 0 amide bonds. The van der Waals surface area contributed by atoms with Crippen LogP contribution in [0.25, 0.3) is 11.1 Å². The van der Waals surface area contributed by atoms with Crippen molar-refractivity contribution in [3.05, 3.63) is 101 Å². The molecule has 2 atom stereocenters. The Morgan fingerprint density at radius 1 is 0.815 bits per heavy atom. The highest BCUT2D eigenvalue weighted by atomic mass is 15.1. The summed E-state index contributed by atoms with van der Waals surface area (Å²) in [7, 11) is 2.20. The van der Waals surface area contributed by atoms with Crippen molar-refractivity contribution in [2.45, 2.75) is 31.6 Å². The van der Waals surface area contributed by atoms with Crippen molar-refractivity contribution in [3.8, 4) is 11.1 Å². The summed E-state index contributed by atoms with van der Waals surface area (Å²) in [6.07, 6.45) is 15.9. The monoisotopic (exact) mass is 351 g/mol. The lowest BCUT2D eigenvalue weighted by atomic mass is 9.70. The van der Waals surface area contributed by atoms with Gasteiger partial charge in [0, 0.05) is 30.3 Å². The summed E-state index contributed by atoms with van der Waals surface area (Å²) in [6.45, 7) is 2.21. The van der Waals surface area contributed by atoms with Crippen LogP contribution in [-0.2, 0) is 0 Å². The zero-order chi connectivity index (χ0) is 18.4. The molecule has 3 aliphatic rings. The SMILES string of the molecule is CC1=CC=C(N(C)c2ccc3c(c2)-c2ccccc2C2C=CC=CC32)CC1. The average molecular weight is 351 g/mol. The van der Waals surface area contributed by atoms with E-state index >= 15 is 0 Å². The van der Waals surface area contributed by atoms with Crippen LogP contribution in [0.2, 0.25) is 0 Å². The van der Waals surface area contributed by atoms with Gasteiger partial charge in [0.05, 0.1) is 0 Å². The lowest BCUT2D eigenvalue weighted by molar-refractivity contribution is 0.720. The zero-order valence-electron chi connectivity index (χ0n) is 16.0. The van der Waals surface area contributed by atoms with Gasteiger partial charge in [-0.1, -0.05) is 66.3 Å². The molecule has 2 unspecified atom stereocenters. The zero-order valence-corrected chi connectivity index (χ0v) is 16.0. The Morgan fingerprint density at radius 3 is 2.30 bits per heavy atom. The van der Waals surface area contributed by atoms with Gasteiger partial charge in [0.25, 0.3) is 0 Å².